The number of methoxy groups -OCH3 is 2. The third-order valence-electron chi connectivity index (χ3n) is 5.20. The van der Waals surface area contributed by atoms with Crippen molar-refractivity contribution in [3.05, 3.63) is 59.2 Å². The Bertz CT molecular complexity index is 896. The summed E-state index contributed by atoms with van der Waals surface area (Å²) in [6.07, 6.45) is 2.03. The number of benzene rings is 2. The molecule has 26 heavy (non-hydrogen) atoms. The molecule has 2 aromatic carbocycles. The van der Waals surface area contributed by atoms with Crippen molar-refractivity contribution in [1.82, 2.24) is 5.01 Å². The van der Waals surface area contributed by atoms with Gasteiger partial charge in [-0.2, -0.15) is 5.10 Å². The lowest BCUT2D eigenvalue weighted by molar-refractivity contribution is 0.306. The van der Waals surface area contributed by atoms with E-state index in [9.17, 15) is 0 Å². The number of thiocarbonyl (C=S) groups is 1. The highest BCUT2D eigenvalue weighted by Gasteiger charge is 2.42. The molecule has 0 saturated carbocycles. The van der Waals surface area contributed by atoms with E-state index in [4.69, 9.17) is 32.5 Å². The summed E-state index contributed by atoms with van der Waals surface area (Å²) in [7, 11) is 3.27. The maximum Gasteiger partial charge on any atom is 0.187 e. The molecule has 1 aliphatic heterocycles. The van der Waals surface area contributed by atoms with E-state index in [1.165, 1.54) is 11.1 Å². The van der Waals surface area contributed by atoms with Gasteiger partial charge in [-0.15, -0.1) is 0 Å². The van der Waals surface area contributed by atoms with Gasteiger partial charge in [0.2, 0.25) is 0 Å². The smallest absolute Gasteiger partial charge is 0.187 e. The van der Waals surface area contributed by atoms with Gasteiger partial charge < -0.3 is 15.2 Å². The van der Waals surface area contributed by atoms with Crippen molar-refractivity contribution in [1.29, 1.82) is 0 Å². The number of fused-ring (bicyclic) bond motifs is 3. The van der Waals surface area contributed by atoms with Crippen LogP contribution in [-0.2, 0) is 6.42 Å². The number of nitrogens with two attached hydrogens (primary N) is 1. The van der Waals surface area contributed by atoms with Crippen LogP contribution in [0.15, 0.2) is 47.6 Å². The maximum atomic E-state index is 6.02. The van der Waals surface area contributed by atoms with Crippen LogP contribution in [-0.4, -0.2) is 30.1 Å². The zero-order valence-electron chi connectivity index (χ0n) is 14.8. The minimum atomic E-state index is -0.0318. The summed E-state index contributed by atoms with van der Waals surface area (Å²) in [5.41, 5.74) is 10.7. The largest absolute Gasteiger partial charge is 0.493 e. The molecule has 2 N–H and O–H groups in total. The van der Waals surface area contributed by atoms with Crippen molar-refractivity contribution in [2.45, 2.75) is 18.9 Å². The normalized spacial score (nSPS) is 20.8. The number of hydrogen-bond acceptors (Lipinski definition) is 4. The van der Waals surface area contributed by atoms with E-state index in [-0.39, 0.29) is 17.1 Å². The minimum absolute atomic E-state index is 0.0318. The van der Waals surface area contributed by atoms with Gasteiger partial charge in [-0.05, 0) is 48.3 Å². The van der Waals surface area contributed by atoms with E-state index in [2.05, 4.69) is 24.3 Å². The Labute approximate surface area is 158 Å². The molecule has 0 radical (unpaired) electrons. The highest BCUT2D eigenvalue weighted by molar-refractivity contribution is 7.80. The van der Waals surface area contributed by atoms with Gasteiger partial charge in [0, 0.05) is 11.5 Å². The van der Waals surface area contributed by atoms with E-state index in [0.717, 1.165) is 24.1 Å². The van der Waals surface area contributed by atoms with Crippen molar-refractivity contribution < 1.29 is 9.47 Å². The second kappa shape index (κ2) is 6.61. The lowest BCUT2D eigenvalue weighted by Crippen LogP contribution is -2.35. The summed E-state index contributed by atoms with van der Waals surface area (Å²) in [4.78, 5) is 0. The molecule has 0 saturated heterocycles. The zero-order chi connectivity index (χ0) is 18.3. The number of aryl methyl sites for hydroxylation is 1. The topological polar surface area (TPSA) is 60.1 Å². The van der Waals surface area contributed by atoms with E-state index < -0.39 is 0 Å². The van der Waals surface area contributed by atoms with E-state index in [1.807, 2.05) is 18.2 Å². The van der Waals surface area contributed by atoms with E-state index >= 15 is 0 Å². The van der Waals surface area contributed by atoms with Crippen LogP contribution in [0.4, 0.5) is 0 Å². The number of rotatable bonds is 3. The lowest BCUT2D eigenvalue weighted by atomic mass is 9.77. The maximum absolute atomic E-state index is 6.02. The van der Waals surface area contributed by atoms with Gasteiger partial charge in [0.05, 0.1) is 26.0 Å². The first-order chi connectivity index (χ1) is 12.6. The van der Waals surface area contributed by atoms with Crippen LogP contribution in [0.1, 0.15) is 29.2 Å². The third kappa shape index (κ3) is 2.61. The summed E-state index contributed by atoms with van der Waals surface area (Å²) in [6, 6.07) is 14.4. The molecule has 4 rings (SSSR count). The Balaban J connectivity index is 1.79. The molecule has 134 valence electrons. The highest BCUT2D eigenvalue weighted by Crippen LogP contribution is 2.44. The quantitative estimate of drug-likeness (QED) is 0.844. The van der Waals surface area contributed by atoms with Crippen LogP contribution in [0.5, 0.6) is 11.5 Å². The second-order valence-electron chi connectivity index (χ2n) is 6.53. The lowest BCUT2D eigenvalue weighted by Gasteiger charge is -2.30. The monoisotopic (exact) mass is 367 g/mol. The van der Waals surface area contributed by atoms with Gasteiger partial charge in [0.25, 0.3) is 0 Å². The van der Waals surface area contributed by atoms with Gasteiger partial charge in [-0.3, -0.25) is 0 Å². The van der Waals surface area contributed by atoms with Crippen molar-refractivity contribution in [2.24, 2.45) is 16.8 Å². The molecule has 2 aliphatic rings. The second-order valence-corrected chi connectivity index (χ2v) is 6.95. The predicted octanol–water partition coefficient (Wildman–Crippen LogP) is 3.27. The molecule has 5 nitrogen and oxygen atoms in total. The Morgan fingerprint density at radius 3 is 2.65 bits per heavy atom. The van der Waals surface area contributed by atoms with Crippen LogP contribution >= 0.6 is 12.2 Å². The number of hydrogen-bond donors (Lipinski definition) is 1. The summed E-state index contributed by atoms with van der Waals surface area (Å²) in [5, 5.41) is 6.88. The van der Waals surface area contributed by atoms with Gasteiger partial charge in [0.15, 0.2) is 16.6 Å². The molecule has 1 heterocycles. The number of nitrogens with zero attached hydrogens (tertiary/aromatic N) is 2. The van der Waals surface area contributed by atoms with Gasteiger partial charge in [-0.1, -0.05) is 30.3 Å². The van der Waals surface area contributed by atoms with Crippen LogP contribution < -0.4 is 15.2 Å². The summed E-state index contributed by atoms with van der Waals surface area (Å²) < 4.78 is 10.8. The highest BCUT2D eigenvalue weighted by atomic mass is 32.1. The average Bonchev–Trinajstić information content (AvgIpc) is 3.07. The molecular weight excluding hydrogens is 346 g/mol. The molecule has 2 atom stereocenters. The van der Waals surface area contributed by atoms with E-state index in [1.54, 1.807) is 19.2 Å². The fourth-order valence-electron chi connectivity index (χ4n) is 4.02. The molecule has 2 aromatic rings. The van der Waals surface area contributed by atoms with Crippen LogP contribution in [0.3, 0.4) is 0 Å². The average molecular weight is 367 g/mol. The minimum Gasteiger partial charge on any atom is -0.493 e. The number of hydrazone groups is 1. The summed E-state index contributed by atoms with van der Waals surface area (Å²) in [5.74, 6) is 1.63. The molecule has 0 amide bonds. The first kappa shape index (κ1) is 16.8. The standard InChI is InChI=1S/C20H21N3O2S/c1-24-16-10-8-13(11-17(16)25-2)19-15-9-7-12-5-3-4-6-14(12)18(15)22-23(19)20(21)26/h3-6,8,10-11,15,19H,7,9H2,1-2H3,(H2,21,26)/t15-,19+/m1/s1. The SMILES string of the molecule is COc1ccc([C@H]2[C@@H]3CCc4ccccc4C3=NN2C(N)=S)cc1OC. The predicted molar refractivity (Wildman–Crippen MR) is 106 cm³/mol. The van der Waals surface area contributed by atoms with Crippen molar-refractivity contribution in [2.75, 3.05) is 14.2 Å². The molecule has 0 spiro atoms. The van der Waals surface area contributed by atoms with Crippen molar-refractivity contribution in [3.63, 3.8) is 0 Å². The fourth-order valence-corrected chi connectivity index (χ4v) is 4.17. The third-order valence-corrected chi connectivity index (χ3v) is 5.39. The Kier molecular flexibility index (Phi) is 4.28. The summed E-state index contributed by atoms with van der Waals surface area (Å²) >= 11 is 5.30. The van der Waals surface area contributed by atoms with E-state index in [0.29, 0.717) is 11.5 Å². The van der Waals surface area contributed by atoms with Gasteiger partial charge in [-0.25, -0.2) is 5.01 Å². The molecule has 0 fully saturated rings. The number of ether oxygens (including phenoxy) is 2. The molecule has 0 aromatic heterocycles. The Morgan fingerprint density at radius 2 is 1.92 bits per heavy atom. The Hall–Kier alpha value is -2.60. The van der Waals surface area contributed by atoms with Crippen LogP contribution in [0, 0.1) is 5.92 Å². The Morgan fingerprint density at radius 1 is 1.15 bits per heavy atom. The van der Waals surface area contributed by atoms with Gasteiger partial charge in [0.1, 0.15) is 0 Å². The first-order valence-corrected chi connectivity index (χ1v) is 9.02. The molecule has 1 aliphatic carbocycles. The zero-order valence-corrected chi connectivity index (χ0v) is 15.6. The molecular formula is C20H21N3O2S. The van der Waals surface area contributed by atoms with Gasteiger partial charge >= 0.3 is 0 Å². The van der Waals surface area contributed by atoms with Crippen molar-refractivity contribution >= 4 is 23.0 Å². The molecule has 0 bridgehead atoms. The van der Waals surface area contributed by atoms with Crippen molar-refractivity contribution in [3.8, 4) is 11.5 Å². The molecule has 6 heteroatoms. The molecule has 0 unspecified atom stereocenters. The van der Waals surface area contributed by atoms with Crippen LogP contribution in [0.25, 0.3) is 0 Å². The summed E-state index contributed by atoms with van der Waals surface area (Å²) in [6.45, 7) is 0. The van der Waals surface area contributed by atoms with Crippen LogP contribution in [0.2, 0.25) is 0 Å². The fraction of sp³-hybridized carbons (Fsp3) is 0.300. The first-order valence-electron chi connectivity index (χ1n) is 8.61.